The van der Waals surface area contributed by atoms with Crippen molar-refractivity contribution >= 4 is 43.6 Å². The Hall–Kier alpha value is -6.71. The molecular formula is C47H31N3. The summed E-state index contributed by atoms with van der Waals surface area (Å²) >= 11 is 0. The summed E-state index contributed by atoms with van der Waals surface area (Å²) in [6, 6.07) is 65.3. The molecule has 0 bridgehead atoms. The molecule has 0 spiro atoms. The van der Waals surface area contributed by atoms with E-state index in [9.17, 15) is 0 Å². The summed E-state index contributed by atoms with van der Waals surface area (Å²) in [4.78, 5) is 4.84. The summed E-state index contributed by atoms with van der Waals surface area (Å²) in [6.07, 6.45) is 1.92. The van der Waals surface area contributed by atoms with Crippen molar-refractivity contribution in [2.75, 3.05) is 0 Å². The second kappa shape index (κ2) is 11.5. The van der Waals surface area contributed by atoms with E-state index in [2.05, 4.69) is 191 Å². The van der Waals surface area contributed by atoms with E-state index in [0.717, 1.165) is 39.3 Å². The van der Waals surface area contributed by atoms with Gasteiger partial charge < -0.3 is 9.13 Å². The number of hydrogen-bond acceptors (Lipinski definition) is 1. The van der Waals surface area contributed by atoms with Crippen molar-refractivity contribution in [2.45, 2.75) is 0 Å². The predicted molar refractivity (Wildman–Crippen MR) is 209 cm³/mol. The van der Waals surface area contributed by atoms with Crippen LogP contribution in [0.25, 0.3) is 88.5 Å². The fourth-order valence-electron chi connectivity index (χ4n) is 7.68. The Kier molecular flexibility index (Phi) is 6.49. The summed E-state index contributed by atoms with van der Waals surface area (Å²) in [5.74, 6) is 0. The summed E-state index contributed by atoms with van der Waals surface area (Å²) in [7, 11) is 0. The Morgan fingerprint density at radius 2 is 0.680 bits per heavy atom. The molecule has 7 aromatic carbocycles. The fourth-order valence-corrected chi connectivity index (χ4v) is 7.68. The lowest BCUT2D eigenvalue weighted by molar-refractivity contribution is 1.18. The molecule has 0 aliphatic heterocycles. The molecule has 0 amide bonds. The monoisotopic (exact) mass is 637 g/mol. The van der Waals surface area contributed by atoms with Crippen LogP contribution in [0, 0.1) is 0 Å². The van der Waals surface area contributed by atoms with Crippen LogP contribution in [-0.2, 0) is 0 Å². The molecule has 3 aromatic heterocycles. The number of hydrogen-bond donors (Lipinski definition) is 0. The highest BCUT2D eigenvalue weighted by Crippen LogP contribution is 2.36. The number of para-hydroxylation sites is 4. The average molecular weight is 638 g/mol. The van der Waals surface area contributed by atoms with E-state index < -0.39 is 0 Å². The molecule has 0 unspecified atom stereocenters. The van der Waals surface area contributed by atoms with E-state index in [-0.39, 0.29) is 0 Å². The molecule has 0 N–H and O–H groups in total. The molecule has 3 heterocycles. The third-order valence-corrected chi connectivity index (χ3v) is 9.95. The van der Waals surface area contributed by atoms with Gasteiger partial charge in [0.2, 0.25) is 0 Å². The minimum absolute atomic E-state index is 0.949. The van der Waals surface area contributed by atoms with Crippen molar-refractivity contribution in [3.63, 3.8) is 0 Å². The third-order valence-electron chi connectivity index (χ3n) is 9.95. The first-order chi connectivity index (χ1) is 24.8. The molecule has 10 aromatic rings. The topological polar surface area (TPSA) is 22.8 Å². The lowest BCUT2D eigenvalue weighted by Gasteiger charge is -2.12. The van der Waals surface area contributed by atoms with Gasteiger partial charge in [0.1, 0.15) is 0 Å². The minimum atomic E-state index is 0.949. The fraction of sp³-hybridized carbons (Fsp3) is 0. The molecule has 0 atom stereocenters. The first-order valence-electron chi connectivity index (χ1n) is 17.0. The van der Waals surface area contributed by atoms with Gasteiger partial charge in [-0.25, -0.2) is 0 Å². The van der Waals surface area contributed by atoms with Gasteiger partial charge in [-0.05, 0) is 89.0 Å². The van der Waals surface area contributed by atoms with Gasteiger partial charge >= 0.3 is 0 Å². The van der Waals surface area contributed by atoms with Crippen molar-refractivity contribution in [2.24, 2.45) is 0 Å². The van der Waals surface area contributed by atoms with E-state index in [1.165, 1.54) is 49.2 Å². The first kappa shape index (κ1) is 28.3. The predicted octanol–water partition coefficient (Wildman–Crippen LogP) is 12.3. The Morgan fingerprint density at radius 3 is 1.16 bits per heavy atom. The third kappa shape index (κ3) is 4.56. The lowest BCUT2D eigenvalue weighted by atomic mass is 9.99. The van der Waals surface area contributed by atoms with Gasteiger partial charge in [-0.15, -0.1) is 0 Å². The van der Waals surface area contributed by atoms with E-state index >= 15 is 0 Å². The highest BCUT2D eigenvalue weighted by Gasteiger charge is 2.14. The maximum absolute atomic E-state index is 4.84. The molecular weight excluding hydrogens is 607 g/mol. The largest absolute Gasteiger partial charge is 0.309 e. The van der Waals surface area contributed by atoms with Gasteiger partial charge in [0.15, 0.2) is 0 Å². The number of rotatable bonds is 5. The molecule has 0 aliphatic carbocycles. The van der Waals surface area contributed by atoms with Gasteiger partial charge in [-0.3, -0.25) is 4.98 Å². The number of benzene rings is 7. The number of aromatic nitrogens is 3. The Labute approximate surface area is 290 Å². The van der Waals surface area contributed by atoms with Crippen LogP contribution in [0.5, 0.6) is 0 Å². The van der Waals surface area contributed by atoms with Crippen molar-refractivity contribution in [3.8, 4) is 44.9 Å². The minimum Gasteiger partial charge on any atom is -0.309 e. The maximum atomic E-state index is 4.84. The maximum Gasteiger partial charge on any atom is 0.0708 e. The zero-order valence-corrected chi connectivity index (χ0v) is 27.2. The van der Waals surface area contributed by atoms with Crippen LogP contribution in [0.2, 0.25) is 0 Å². The zero-order valence-electron chi connectivity index (χ0n) is 27.2. The number of nitrogens with zero attached hydrogens (tertiary/aromatic N) is 3. The van der Waals surface area contributed by atoms with Crippen molar-refractivity contribution < 1.29 is 0 Å². The lowest BCUT2D eigenvalue weighted by Crippen LogP contribution is -1.94. The molecule has 0 saturated carbocycles. The van der Waals surface area contributed by atoms with E-state index in [0.29, 0.717) is 0 Å². The molecule has 234 valence electrons. The van der Waals surface area contributed by atoms with Gasteiger partial charge in [0.25, 0.3) is 0 Å². The summed E-state index contributed by atoms with van der Waals surface area (Å²) in [5.41, 5.74) is 13.8. The highest BCUT2D eigenvalue weighted by molar-refractivity contribution is 6.10. The molecule has 3 heteroatoms. The summed E-state index contributed by atoms with van der Waals surface area (Å²) in [5, 5.41) is 5.06. The molecule has 3 nitrogen and oxygen atoms in total. The van der Waals surface area contributed by atoms with E-state index in [1.807, 2.05) is 6.20 Å². The van der Waals surface area contributed by atoms with Crippen molar-refractivity contribution in [1.82, 2.24) is 14.1 Å². The number of fused-ring (bicyclic) bond motifs is 6. The van der Waals surface area contributed by atoms with Gasteiger partial charge in [0, 0.05) is 44.7 Å². The molecule has 0 aliphatic rings. The second-order valence-corrected chi connectivity index (χ2v) is 12.9. The smallest absolute Gasteiger partial charge is 0.0708 e. The van der Waals surface area contributed by atoms with Crippen LogP contribution in [0.15, 0.2) is 188 Å². The van der Waals surface area contributed by atoms with Gasteiger partial charge in [0.05, 0.1) is 27.8 Å². The van der Waals surface area contributed by atoms with E-state index in [4.69, 9.17) is 4.98 Å². The molecule has 50 heavy (non-hydrogen) atoms. The summed E-state index contributed by atoms with van der Waals surface area (Å²) < 4.78 is 4.74. The molecule has 0 fully saturated rings. The van der Waals surface area contributed by atoms with Crippen molar-refractivity contribution in [3.05, 3.63) is 188 Å². The molecule has 0 radical (unpaired) electrons. The zero-order chi connectivity index (χ0) is 33.0. The standard InChI is InChI=1S/C47H31N3/c1-5-22-44-39(18-1)40-19-2-6-23-45(40)49(44)37-16-10-13-33(29-37)32-12-9-15-36(28-32)43-31-35(26-27-48-43)34-14-11-17-38(30-34)50-46-24-7-3-20-41(46)42-21-4-8-25-47(42)50/h1-31H. The Morgan fingerprint density at radius 1 is 0.300 bits per heavy atom. The van der Waals surface area contributed by atoms with Crippen LogP contribution in [0.4, 0.5) is 0 Å². The summed E-state index contributed by atoms with van der Waals surface area (Å²) in [6.45, 7) is 0. The Balaban J connectivity index is 1.03. The molecule has 0 saturated heterocycles. The number of pyridine rings is 1. The van der Waals surface area contributed by atoms with E-state index in [1.54, 1.807) is 0 Å². The van der Waals surface area contributed by atoms with Crippen LogP contribution >= 0.6 is 0 Å². The first-order valence-corrected chi connectivity index (χ1v) is 17.0. The SMILES string of the molecule is c1cc(-c2cccc(-n3c4ccccc4c4ccccc43)c2)cc(-c2cc(-c3cccc(-n4c5ccccc5c5ccccc54)c3)ccn2)c1. The second-order valence-electron chi connectivity index (χ2n) is 12.9. The van der Waals surface area contributed by atoms with Crippen LogP contribution in [-0.4, -0.2) is 14.1 Å². The quantitative estimate of drug-likeness (QED) is 0.184. The van der Waals surface area contributed by atoms with Crippen LogP contribution in [0.1, 0.15) is 0 Å². The molecule has 10 rings (SSSR count). The highest BCUT2D eigenvalue weighted by atomic mass is 15.0. The van der Waals surface area contributed by atoms with Crippen molar-refractivity contribution in [1.29, 1.82) is 0 Å². The average Bonchev–Trinajstić information content (AvgIpc) is 3.71. The Bertz CT molecular complexity index is 2580. The van der Waals surface area contributed by atoms with Gasteiger partial charge in [-0.2, -0.15) is 0 Å². The van der Waals surface area contributed by atoms with Crippen LogP contribution < -0.4 is 0 Å². The normalized spacial score (nSPS) is 11.6. The van der Waals surface area contributed by atoms with Crippen LogP contribution in [0.3, 0.4) is 0 Å². The van der Waals surface area contributed by atoms with Gasteiger partial charge in [-0.1, -0.05) is 115 Å².